The summed E-state index contributed by atoms with van der Waals surface area (Å²) in [6.45, 7) is 4.50. The van der Waals surface area contributed by atoms with Crippen molar-refractivity contribution in [2.24, 2.45) is 0 Å². The van der Waals surface area contributed by atoms with Gasteiger partial charge in [-0.2, -0.15) is 0 Å². The van der Waals surface area contributed by atoms with Crippen LogP contribution in [-0.2, 0) is 18.4 Å². The molecule has 0 saturated heterocycles. The number of allylic oxidation sites excluding steroid dienone is 3. The Morgan fingerprint density at radius 2 is 1.22 bits per heavy atom. The summed E-state index contributed by atoms with van der Waals surface area (Å²) in [5.41, 5.74) is 0. The predicted molar refractivity (Wildman–Crippen MR) is 187 cm³/mol. The number of rotatable bonds is 32. The molecule has 3 atom stereocenters. The van der Waals surface area contributed by atoms with Crippen molar-refractivity contribution in [1.29, 1.82) is 0 Å². The summed E-state index contributed by atoms with van der Waals surface area (Å²) >= 11 is 0. The van der Waals surface area contributed by atoms with E-state index in [9.17, 15) is 19.4 Å². The van der Waals surface area contributed by atoms with Crippen molar-refractivity contribution < 1.29 is 32.9 Å². The van der Waals surface area contributed by atoms with Gasteiger partial charge in [0.1, 0.15) is 13.2 Å². The first-order chi connectivity index (χ1) is 21.5. The molecule has 45 heavy (non-hydrogen) atoms. The molecule has 0 rings (SSSR count). The topological polar surface area (TPSA) is 108 Å². The van der Waals surface area contributed by atoms with Gasteiger partial charge in [0.25, 0.3) is 7.82 Å². The fourth-order valence-corrected chi connectivity index (χ4v) is 5.63. The molecule has 0 fully saturated rings. The Hall–Kier alpha value is -1.02. The molecule has 0 aliphatic heterocycles. The minimum absolute atomic E-state index is 0.00239. The van der Waals surface area contributed by atoms with Crippen LogP contribution in [0.3, 0.4) is 0 Å². The number of phosphoric acid groups is 1. The average molecular weight is 659 g/mol. The van der Waals surface area contributed by atoms with E-state index in [4.69, 9.17) is 9.05 Å². The number of likely N-dealkylation sites (N-methyl/N-ethyl adjacent to an activating group) is 1. The second-order valence-electron chi connectivity index (χ2n) is 13.6. The Balaban J connectivity index is 4.26. The molecule has 0 aliphatic rings. The summed E-state index contributed by atoms with van der Waals surface area (Å²) in [4.78, 5) is 24.9. The number of phosphoric ester groups is 1. The zero-order valence-corrected chi connectivity index (χ0v) is 30.7. The fraction of sp³-hybridized carbons (Fsp3) is 0.861. The number of nitrogens with one attached hydrogen (secondary N) is 1. The third kappa shape index (κ3) is 31.4. The molecule has 0 radical (unpaired) electrons. The second kappa shape index (κ2) is 29.1. The molecular weight excluding hydrogens is 587 g/mol. The predicted octanol–water partition coefficient (Wildman–Crippen LogP) is 8.38. The van der Waals surface area contributed by atoms with Crippen LogP contribution in [0.25, 0.3) is 0 Å². The van der Waals surface area contributed by atoms with Crippen LogP contribution < -0.4 is 10.2 Å². The molecule has 0 aromatic rings. The summed E-state index contributed by atoms with van der Waals surface area (Å²) in [7, 11) is 1.25. The van der Waals surface area contributed by atoms with E-state index in [1.165, 1.54) is 83.5 Å². The van der Waals surface area contributed by atoms with E-state index < -0.39 is 20.0 Å². The third-order valence-corrected chi connectivity index (χ3v) is 8.87. The van der Waals surface area contributed by atoms with Gasteiger partial charge in [0.15, 0.2) is 0 Å². The number of carbonyl (C=O) groups is 1. The lowest BCUT2D eigenvalue weighted by molar-refractivity contribution is -0.870. The minimum atomic E-state index is -4.56. The van der Waals surface area contributed by atoms with Gasteiger partial charge >= 0.3 is 0 Å². The van der Waals surface area contributed by atoms with Gasteiger partial charge in [-0.1, -0.05) is 122 Å². The second-order valence-corrected chi connectivity index (χ2v) is 15.0. The Morgan fingerprint density at radius 3 is 1.78 bits per heavy atom. The smallest absolute Gasteiger partial charge is 0.268 e. The van der Waals surface area contributed by atoms with E-state index in [1.807, 2.05) is 27.2 Å². The van der Waals surface area contributed by atoms with Crippen molar-refractivity contribution in [3.05, 3.63) is 24.3 Å². The van der Waals surface area contributed by atoms with Crippen molar-refractivity contribution >= 4 is 13.7 Å². The van der Waals surface area contributed by atoms with Gasteiger partial charge in [-0.25, -0.2) is 0 Å². The number of aliphatic hydroxyl groups excluding tert-OH is 1. The Bertz CT molecular complexity index is 799. The van der Waals surface area contributed by atoms with Crippen LogP contribution in [0.4, 0.5) is 0 Å². The number of amides is 1. The summed E-state index contributed by atoms with van der Waals surface area (Å²) < 4.78 is 22.9. The molecule has 0 heterocycles. The van der Waals surface area contributed by atoms with Crippen LogP contribution >= 0.6 is 7.82 Å². The maximum Gasteiger partial charge on any atom is 0.268 e. The standard InChI is InChI=1S/C36H71N2O6P/c1-6-8-10-12-13-14-15-16-17-18-19-20-21-22-23-24-26-28-30-36(40)37-34(35(39)29-27-25-11-9-7-2)33-44-45(41,42)43-32-31-38(3,4)5/h17-18,27,29,34-35,39H,6-16,19-26,28,30-33H2,1-5H3,(H-,37,40,41,42)/b18-17-,29-27+. The van der Waals surface area contributed by atoms with Gasteiger partial charge in [0, 0.05) is 6.42 Å². The van der Waals surface area contributed by atoms with Gasteiger partial charge < -0.3 is 28.8 Å². The molecule has 0 aliphatic carbocycles. The molecule has 0 aromatic heterocycles. The first-order valence-corrected chi connectivity index (χ1v) is 19.7. The summed E-state index contributed by atoms with van der Waals surface area (Å²) in [6.07, 6.45) is 31.2. The number of aliphatic hydroxyl groups is 1. The molecule has 9 heteroatoms. The first-order valence-electron chi connectivity index (χ1n) is 18.2. The van der Waals surface area contributed by atoms with Crippen molar-refractivity contribution in [3.63, 3.8) is 0 Å². The van der Waals surface area contributed by atoms with Crippen LogP contribution in [0, 0.1) is 0 Å². The molecule has 2 N–H and O–H groups in total. The summed E-state index contributed by atoms with van der Waals surface area (Å²) in [5.74, 6) is -0.211. The average Bonchev–Trinajstić information content (AvgIpc) is 2.97. The largest absolute Gasteiger partial charge is 0.756 e. The lowest BCUT2D eigenvalue weighted by Gasteiger charge is -2.29. The monoisotopic (exact) mass is 659 g/mol. The van der Waals surface area contributed by atoms with E-state index in [0.29, 0.717) is 17.4 Å². The van der Waals surface area contributed by atoms with Crippen LogP contribution in [0.15, 0.2) is 24.3 Å². The molecule has 266 valence electrons. The first kappa shape index (κ1) is 44.0. The van der Waals surface area contributed by atoms with Crippen LogP contribution in [0.1, 0.15) is 149 Å². The van der Waals surface area contributed by atoms with Gasteiger partial charge in [-0.05, 0) is 44.9 Å². The van der Waals surface area contributed by atoms with Gasteiger partial charge in [-0.3, -0.25) is 9.36 Å². The van der Waals surface area contributed by atoms with Crippen LogP contribution in [0.2, 0.25) is 0 Å². The quantitative estimate of drug-likeness (QED) is 0.0325. The maximum atomic E-state index is 12.7. The molecule has 3 unspecified atom stereocenters. The fourth-order valence-electron chi connectivity index (χ4n) is 4.91. The van der Waals surface area contributed by atoms with E-state index in [2.05, 4.69) is 31.3 Å². The van der Waals surface area contributed by atoms with Gasteiger partial charge in [0.05, 0.1) is 39.9 Å². The third-order valence-electron chi connectivity index (χ3n) is 7.91. The molecule has 0 saturated carbocycles. The van der Waals surface area contributed by atoms with Crippen LogP contribution in [0.5, 0.6) is 0 Å². The number of hydrogen-bond donors (Lipinski definition) is 2. The molecular formula is C36H71N2O6P. The SMILES string of the molecule is CCCCC/C=C/C(O)C(COP(=O)([O-])OCC[N+](C)(C)C)NC(=O)CCCCCCCCC/C=C\CCCCCCCCC. The molecule has 1 amide bonds. The van der Waals surface area contributed by atoms with Crippen molar-refractivity contribution in [3.8, 4) is 0 Å². The summed E-state index contributed by atoms with van der Waals surface area (Å²) in [5, 5.41) is 13.5. The highest BCUT2D eigenvalue weighted by Gasteiger charge is 2.23. The molecule has 0 bridgehead atoms. The van der Waals surface area contributed by atoms with Crippen molar-refractivity contribution in [2.45, 2.75) is 161 Å². The maximum absolute atomic E-state index is 12.7. The van der Waals surface area contributed by atoms with E-state index in [1.54, 1.807) is 6.08 Å². The normalized spacial score (nSPS) is 15.1. The molecule has 8 nitrogen and oxygen atoms in total. The Morgan fingerprint density at radius 1 is 0.756 bits per heavy atom. The summed E-state index contributed by atoms with van der Waals surface area (Å²) in [6, 6.07) is -0.881. The number of carbonyl (C=O) groups excluding carboxylic acids is 1. The van der Waals surface area contributed by atoms with E-state index in [-0.39, 0.29) is 19.1 Å². The Labute approximate surface area is 277 Å². The number of hydrogen-bond acceptors (Lipinski definition) is 6. The lowest BCUT2D eigenvalue weighted by atomic mass is 10.1. The molecule has 0 aromatic carbocycles. The number of nitrogens with zero attached hydrogens (tertiary/aromatic N) is 1. The zero-order valence-electron chi connectivity index (χ0n) is 29.8. The lowest BCUT2D eigenvalue weighted by Crippen LogP contribution is -2.45. The van der Waals surface area contributed by atoms with E-state index >= 15 is 0 Å². The highest BCUT2D eigenvalue weighted by atomic mass is 31.2. The van der Waals surface area contributed by atoms with Crippen molar-refractivity contribution in [1.82, 2.24) is 5.32 Å². The zero-order chi connectivity index (χ0) is 33.7. The number of quaternary nitrogens is 1. The van der Waals surface area contributed by atoms with Gasteiger partial charge in [0.2, 0.25) is 5.91 Å². The van der Waals surface area contributed by atoms with Crippen LogP contribution in [-0.4, -0.2) is 68.5 Å². The highest BCUT2D eigenvalue weighted by Crippen LogP contribution is 2.38. The minimum Gasteiger partial charge on any atom is -0.756 e. The molecule has 0 spiro atoms. The van der Waals surface area contributed by atoms with Gasteiger partial charge in [-0.15, -0.1) is 0 Å². The Kier molecular flexibility index (Phi) is 28.5. The van der Waals surface area contributed by atoms with Crippen molar-refractivity contribution in [2.75, 3.05) is 40.9 Å². The highest BCUT2D eigenvalue weighted by molar-refractivity contribution is 7.45. The number of unbranched alkanes of at least 4 members (excludes halogenated alkanes) is 17. The van der Waals surface area contributed by atoms with E-state index in [0.717, 1.165) is 44.9 Å².